The largest absolute Gasteiger partial charge is 0.375 e. The number of rotatable bonds is 4. The van der Waals surface area contributed by atoms with Gasteiger partial charge in [0.25, 0.3) is 0 Å². The molecule has 0 fully saturated rings. The van der Waals surface area contributed by atoms with Crippen LogP contribution in [0.4, 0.5) is 20.2 Å². The summed E-state index contributed by atoms with van der Waals surface area (Å²) >= 11 is 5.80. The Labute approximate surface area is 118 Å². The number of hydrogen-bond donors (Lipinski definition) is 1. The van der Waals surface area contributed by atoms with Gasteiger partial charge in [-0.05, 0) is 17.7 Å². The van der Waals surface area contributed by atoms with E-state index in [4.69, 9.17) is 11.6 Å². The second-order valence-corrected chi connectivity index (χ2v) is 4.46. The molecule has 104 valence electrons. The Morgan fingerprint density at radius 3 is 2.65 bits per heavy atom. The number of nitro benzene ring substituents is 1. The lowest BCUT2D eigenvalue weighted by molar-refractivity contribution is -0.386. The zero-order valence-corrected chi connectivity index (χ0v) is 10.8. The van der Waals surface area contributed by atoms with Gasteiger partial charge in [-0.15, -0.1) is 0 Å². The molecule has 20 heavy (non-hydrogen) atoms. The van der Waals surface area contributed by atoms with Crippen LogP contribution in [0.3, 0.4) is 0 Å². The van der Waals surface area contributed by atoms with Crippen molar-refractivity contribution in [3.05, 3.63) is 68.7 Å². The number of benzene rings is 2. The Morgan fingerprint density at radius 1 is 1.25 bits per heavy atom. The number of nitro groups is 1. The summed E-state index contributed by atoms with van der Waals surface area (Å²) in [5.41, 5.74) is -0.266. The van der Waals surface area contributed by atoms with Crippen LogP contribution in [0.2, 0.25) is 5.02 Å². The fraction of sp³-hybridized carbons (Fsp3) is 0.0769. The van der Waals surface area contributed by atoms with E-state index in [0.717, 1.165) is 11.6 Å². The predicted molar refractivity (Wildman–Crippen MR) is 71.8 cm³/mol. The topological polar surface area (TPSA) is 55.2 Å². The average Bonchev–Trinajstić information content (AvgIpc) is 2.35. The molecule has 0 amide bonds. The van der Waals surface area contributed by atoms with Gasteiger partial charge in [-0.3, -0.25) is 10.1 Å². The van der Waals surface area contributed by atoms with Crippen LogP contribution >= 0.6 is 11.6 Å². The highest BCUT2D eigenvalue weighted by molar-refractivity contribution is 6.30. The standard InChI is InChI=1S/C13H9ClF2N2O2/c14-9-3-1-2-8(4-9)7-17-12-6-10(15)5-11(16)13(12)18(19)20/h1-6,17H,7H2. The summed E-state index contributed by atoms with van der Waals surface area (Å²) in [6.07, 6.45) is 0. The van der Waals surface area contributed by atoms with Crippen LogP contribution < -0.4 is 5.32 Å². The number of anilines is 1. The van der Waals surface area contributed by atoms with Crippen molar-refractivity contribution in [2.75, 3.05) is 5.32 Å². The minimum absolute atomic E-state index is 0.157. The van der Waals surface area contributed by atoms with Gasteiger partial charge in [0.05, 0.1) is 4.92 Å². The molecule has 0 radical (unpaired) electrons. The van der Waals surface area contributed by atoms with Gasteiger partial charge in [0.2, 0.25) is 5.82 Å². The molecule has 2 aromatic carbocycles. The fourth-order valence-electron chi connectivity index (χ4n) is 1.73. The summed E-state index contributed by atoms with van der Waals surface area (Å²) in [6.45, 7) is 0.157. The third-order valence-electron chi connectivity index (χ3n) is 2.58. The molecule has 0 saturated carbocycles. The molecule has 1 N–H and O–H groups in total. The Balaban J connectivity index is 2.27. The second-order valence-electron chi connectivity index (χ2n) is 4.02. The minimum Gasteiger partial charge on any atom is -0.375 e. The molecule has 7 heteroatoms. The van der Waals surface area contributed by atoms with E-state index in [1.807, 2.05) is 0 Å². The first-order valence-corrected chi connectivity index (χ1v) is 5.97. The number of hydrogen-bond acceptors (Lipinski definition) is 3. The quantitative estimate of drug-likeness (QED) is 0.682. The van der Waals surface area contributed by atoms with Crippen LogP contribution in [-0.4, -0.2) is 4.92 Å². The predicted octanol–water partition coefficient (Wildman–Crippen LogP) is 4.14. The van der Waals surface area contributed by atoms with Gasteiger partial charge in [0, 0.05) is 23.7 Å². The first-order chi connectivity index (χ1) is 9.47. The summed E-state index contributed by atoms with van der Waals surface area (Å²) < 4.78 is 26.5. The van der Waals surface area contributed by atoms with Gasteiger partial charge in [-0.1, -0.05) is 23.7 Å². The van der Waals surface area contributed by atoms with E-state index in [2.05, 4.69) is 5.32 Å². The van der Waals surface area contributed by atoms with Gasteiger partial charge in [0.1, 0.15) is 11.5 Å². The van der Waals surface area contributed by atoms with E-state index < -0.39 is 22.2 Å². The molecule has 2 aromatic rings. The number of nitrogens with one attached hydrogen (secondary N) is 1. The molecule has 0 aliphatic rings. The van der Waals surface area contributed by atoms with E-state index in [9.17, 15) is 18.9 Å². The molecule has 0 saturated heterocycles. The number of nitrogens with zero attached hydrogens (tertiary/aromatic N) is 1. The van der Waals surface area contributed by atoms with E-state index in [1.165, 1.54) is 0 Å². The van der Waals surface area contributed by atoms with Gasteiger partial charge >= 0.3 is 5.69 Å². The summed E-state index contributed by atoms with van der Waals surface area (Å²) in [5, 5.41) is 13.9. The van der Waals surface area contributed by atoms with Crippen molar-refractivity contribution < 1.29 is 13.7 Å². The molecular weight excluding hydrogens is 290 g/mol. The first kappa shape index (κ1) is 14.2. The SMILES string of the molecule is O=[N+]([O-])c1c(F)cc(F)cc1NCc1cccc(Cl)c1. The van der Waals surface area contributed by atoms with Crippen molar-refractivity contribution in [2.45, 2.75) is 6.54 Å². The van der Waals surface area contributed by atoms with E-state index in [0.29, 0.717) is 11.1 Å². The van der Waals surface area contributed by atoms with Crippen LogP contribution in [0.15, 0.2) is 36.4 Å². The Morgan fingerprint density at radius 2 is 2.00 bits per heavy atom. The first-order valence-electron chi connectivity index (χ1n) is 5.59. The lowest BCUT2D eigenvalue weighted by Gasteiger charge is -2.08. The molecule has 0 atom stereocenters. The van der Waals surface area contributed by atoms with Crippen molar-refractivity contribution in [3.8, 4) is 0 Å². The lowest BCUT2D eigenvalue weighted by Crippen LogP contribution is -2.05. The molecule has 0 aliphatic carbocycles. The highest BCUT2D eigenvalue weighted by Gasteiger charge is 2.21. The lowest BCUT2D eigenvalue weighted by atomic mass is 10.2. The van der Waals surface area contributed by atoms with Gasteiger partial charge < -0.3 is 5.32 Å². The van der Waals surface area contributed by atoms with Gasteiger partial charge in [0.15, 0.2) is 0 Å². The highest BCUT2D eigenvalue weighted by Crippen LogP contribution is 2.29. The molecule has 0 heterocycles. The Kier molecular flexibility index (Phi) is 4.14. The maximum atomic E-state index is 13.4. The summed E-state index contributed by atoms with van der Waals surface area (Å²) in [6, 6.07) is 8.13. The van der Waals surface area contributed by atoms with Gasteiger partial charge in [-0.25, -0.2) is 4.39 Å². The third-order valence-corrected chi connectivity index (χ3v) is 2.82. The highest BCUT2D eigenvalue weighted by atomic mass is 35.5. The maximum Gasteiger partial charge on any atom is 0.327 e. The fourth-order valence-corrected chi connectivity index (χ4v) is 1.94. The van der Waals surface area contributed by atoms with Crippen molar-refractivity contribution in [1.82, 2.24) is 0 Å². The molecule has 0 unspecified atom stereocenters. The van der Waals surface area contributed by atoms with Gasteiger partial charge in [-0.2, -0.15) is 4.39 Å². The van der Waals surface area contributed by atoms with Crippen LogP contribution in [0.25, 0.3) is 0 Å². The maximum absolute atomic E-state index is 13.4. The molecule has 0 bridgehead atoms. The van der Waals surface area contributed by atoms with E-state index in [-0.39, 0.29) is 12.2 Å². The Hall–Kier alpha value is -2.21. The molecule has 0 aliphatic heterocycles. The summed E-state index contributed by atoms with van der Waals surface area (Å²) in [5.74, 6) is -2.11. The molecular formula is C13H9ClF2N2O2. The minimum atomic E-state index is -1.22. The summed E-state index contributed by atoms with van der Waals surface area (Å²) in [7, 11) is 0. The van der Waals surface area contributed by atoms with Crippen LogP contribution in [0.1, 0.15) is 5.56 Å². The normalized spacial score (nSPS) is 10.3. The van der Waals surface area contributed by atoms with Crippen molar-refractivity contribution in [3.63, 3.8) is 0 Å². The average molecular weight is 299 g/mol. The van der Waals surface area contributed by atoms with E-state index >= 15 is 0 Å². The van der Waals surface area contributed by atoms with Crippen molar-refractivity contribution >= 4 is 23.0 Å². The van der Waals surface area contributed by atoms with Crippen molar-refractivity contribution in [2.24, 2.45) is 0 Å². The third kappa shape index (κ3) is 3.21. The molecule has 0 spiro atoms. The second kappa shape index (κ2) is 5.83. The smallest absolute Gasteiger partial charge is 0.327 e. The van der Waals surface area contributed by atoms with Crippen molar-refractivity contribution in [1.29, 1.82) is 0 Å². The van der Waals surface area contributed by atoms with Crippen LogP contribution in [0.5, 0.6) is 0 Å². The zero-order chi connectivity index (χ0) is 14.7. The van der Waals surface area contributed by atoms with E-state index in [1.54, 1.807) is 24.3 Å². The molecule has 4 nitrogen and oxygen atoms in total. The zero-order valence-electron chi connectivity index (χ0n) is 10.1. The summed E-state index contributed by atoms with van der Waals surface area (Å²) in [4.78, 5) is 9.91. The molecule has 0 aromatic heterocycles. The molecule has 2 rings (SSSR count). The number of halogens is 3. The Bertz CT molecular complexity index is 665. The van der Waals surface area contributed by atoms with Crippen LogP contribution in [-0.2, 0) is 6.54 Å². The monoisotopic (exact) mass is 298 g/mol. The van der Waals surface area contributed by atoms with Crippen LogP contribution in [0, 0.1) is 21.7 Å².